The smallest absolute Gasteiger partial charge is 0.146 e. The summed E-state index contributed by atoms with van der Waals surface area (Å²) < 4.78 is 6.57. The van der Waals surface area contributed by atoms with Gasteiger partial charge in [-0.25, -0.2) is 0 Å². The normalized spacial score (nSPS) is 10.4. The predicted octanol–water partition coefficient (Wildman–Crippen LogP) is 5.86. The van der Waals surface area contributed by atoms with Gasteiger partial charge < -0.3 is 4.74 Å². The number of hydrogen-bond acceptors (Lipinski definition) is 1. The third kappa shape index (κ3) is 3.38. The maximum Gasteiger partial charge on any atom is 0.146 e. The summed E-state index contributed by atoms with van der Waals surface area (Å²) in [6.07, 6.45) is 0. The number of rotatable bonds is 2. The van der Waals surface area contributed by atoms with Gasteiger partial charge in [-0.15, -0.1) is 0 Å². The van der Waals surface area contributed by atoms with Crippen LogP contribution >= 0.6 is 39.1 Å². The van der Waals surface area contributed by atoms with E-state index in [0.29, 0.717) is 21.5 Å². The van der Waals surface area contributed by atoms with Crippen molar-refractivity contribution in [3.05, 3.63) is 56.5 Å². The molecule has 0 atom stereocenters. The van der Waals surface area contributed by atoms with Crippen LogP contribution in [0.25, 0.3) is 0 Å². The zero-order valence-electron chi connectivity index (χ0n) is 9.01. The minimum absolute atomic E-state index is 0.576. The molecule has 0 heterocycles. The van der Waals surface area contributed by atoms with Gasteiger partial charge in [0.15, 0.2) is 0 Å². The fraction of sp³-hybridized carbons (Fsp3) is 0.0769. The van der Waals surface area contributed by atoms with Crippen LogP contribution in [-0.2, 0) is 0 Å². The first kappa shape index (κ1) is 12.7. The van der Waals surface area contributed by atoms with Crippen LogP contribution in [0.3, 0.4) is 0 Å². The standard InChI is InChI=1S/C13H9BrCl2O/c1-8-2-3-12(16)13(4-8)17-11-6-9(14)5-10(15)7-11/h2-7H,1H3. The van der Waals surface area contributed by atoms with E-state index in [-0.39, 0.29) is 0 Å². The number of halogens is 3. The molecule has 0 N–H and O–H groups in total. The van der Waals surface area contributed by atoms with E-state index >= 15 is 0 Å². The van der Waals surface area contributed by atoms with E-state index in [4.69, 9.17) is 27.9 Å². The highest BCUT2D eigenvalue weighted by Gasteiger charge is 2.05. The highest BCUT2D eigenvalue weighted by atomic mass is 79.9. The van der Waals surface area contributed by atoms with E-state index in [9.17, 15) is 0 Å². The molecule has 2 rings (SSSR count). The van der Waals surface area contributed by atoms with Crippen LogP contribution in [0.4, 0.5) is 0 Å². The van der Waals surface area contributed by atoms with E-state index in [2.05, 4.69) is 15.9 Å². The Morgan fingerprint density at radius 2 is 1.82 bits per heavy atom. The third-order valence-electron chi connectivity index (χ3n) is 2.15. The second-order valence-electron chi connectivity index (χ2n) is 3.64. The van der Waals surface area contributed by atoms with Crippen molar-refractivity contribution in [1.82, 2.24) is 0 Å². The minimum atomic E-state index is 0.576. The average molecular weight is 332 g/mol. The van der Waals surface area contributed by atoms with E-state index < -0.39 is 0 Å². The lowest BCUT2D eigenvalue weighted by atomic mass is 10.2. The molecule has 4 heteroatoms. The Kier molecular flexibility index (Phi) is 3.97. The second-order valence-corrected chi connectivity index (χ2v) is 5.40. The minimum Gasteiger partial charge on any atom is -0.456 e. The topological polar surface area (TPSA) is 9.23 Å². The van der Waals surface area contributed by atoms with Gasteiger partial charge in [0.2, 0.25) is 0 Å². The largest absolute Gasteiger partial charge is 0.456 e. The summed E-state index contributed by atoms with van der Waals surface area (Å²) in [6.45, 7) is 1.98. The van der Waals surface area contributed by atoms with Gasteiger partial charge in [-0.3, -0.25) is 0 Å². The summed E-state index contributed by atoms with van der Waals surface area (Å²) >= 11 is 15.4. The van der Waals surface area contributed by atoms with Crippen LogP contribution in [0, 0.1) is 6.92 Å². The van der Waals surface area contributed by atoms with Crippen molar-refractivity contribution in [1.29, 1.82) is 0 Å². The Bertz CT molecular complexity index is 535. The van der Waals surface area contributed by atoms with Crippen LogP contribution in [0.1, 0.15) is 5.56 Å². The van der Waals surface area contributed by atoms with Gasteiger partial charge in [0.1, 0.15) is 11.5 Å². The summed E-state index contributed by atoms with van der Waals surface area (Å²) in [6, 6.07) is 11.0. The van der Waals surface area contributed by atoms with Gasteiger partial charge >= 0.3 is 0 Å². The number of hydrogen-bond donors (Lipinski definition) is 0. The molecule has 0 aliphatic carbocycles. The molecular formula is C13H9BrCl2O. The molecule has 88 valence electrons. The lowest BCUT2D eigenvalue weighted by molar-refractivity contribution is 0.482. The van der Waals surface area contributed by atoms with Crippen molar-refractivity contribution in [2.24, 2.45) is 0 Å². The second kappa shape index (κ2) is 5.30. The maximum absolute atomic E-state index is 6.06. The van der Waals surface area contributed by atoms with Crippen LogP contribution in [0.15, 0.2) is 40.9 Å². The van der Waals surface area contributed by atoms with E-state index in [1.165, 1.54) is 0 Å². The van der Waals surface area contributed by atoms with Crippen molar-refractivity contribution in [3.63, 3.8) is 0 Å². The Morgan fingerprint density at radius 1 is 1.06 bits per heavy atom. The molecule has 0 aliphatic rings. The van der Waals surface area contributed by atoms with Gasteiger partial charge in [0.05, 0.1) is 5.02 Å². The van der Waals surface area contributed by atoms with E-state index in [1.807, 2.05) is 31.2 Å². The molecule has 2 aromatic carbocycles. The molecule has 0 amide bonds. The van der Waals surface area contributed by atoms with Crippen LogP contribution in [0.2, 0.25) is 10.0 Å². The SMILES string of the molecule is Cc1ccc(Cl)c(Oc2cc(Cl)cc(Br)c2)c1. The Balaban J connectivity index is 2.34. The number of benzene rings is 2. The zero-order chi connectivity index (χ0) is 12.4. The molecule has 0 bridgehead atoms. The van der Waals surface area contributed by atoms with Crippen LogP contribution in [-0.4, -0.2) is 0 Å². The summed E-state index contributed by atoms with van der Waals surface area (Å²) in [7, 11) is 0. The molecule has 2 aromatic rings. The molecule has 0 saturated heterocycles. The van der Waals surface area contributed by atoms with Crippen LogP contribution < -0.4 is 4.74 Å². The first-order valence-electron chi connectivity index (χ1n) is 4.95. The van der Waals surface area contributed by atoms with Crippen molar-refractivity contribution in [2.75, 3.05) is 0 Å². The average Bonchev–Trinajstić information content (AvgIpc) is 2.22. The fourth-order valence-electron chi connectivity index (χ4n) is 1.40. The number of ether oxygens (including phenoxy) is 1. The summed E-state index contributed by atoms with van der Waals surface area (Å²) in [4.78, 5) is 0. The van der Waals surface area contributed by atoms with Gasteiger partial charge in [0, 0.05) is 9.50 Å². The number of aryl methyl sites for hydroxylation is 1. The van der Waals surface area contributed by atoms with Gasteiger partial charge in [-0.1, -0.05) is 45.2 Å². The highest BCUT2D eigenvalue weighted by molar-refractivity contribution is 9.10. The van der Waals surface area contributed by atoms with Crippen molar-refractivity contribution >= 4 is 39.1 Å². The highest BCUT2D eigenvalue weighted by Crippen LogP contribution is 2.33. The quantitative estimate of drug-likeness (QED) is 0.670. The van der Waals surface area contributed by atoms with Crippen molar-refractivity contribution in [3.8, 4) is 11.5 Å². The maximum atomic E-state index is 6.06. The first-order valence-corrected chi connectivity index (χ1v) is 6.49. The lowest BCUT2D eigenvalue weighted by Crippen LogP contribution is -1.86. The van der Waals surface area contributed by atoms with Crippen molar-refractivity contribution in [2.45, 2.75) is 6.92 Å². The molecule has 0 aliphatic heterocycles. The Morgan fingerprint density at radius 3 is 2.53 bits per heavy atom. The monoisotopic (exact) mass is 330 g/mol. The predicted molar refractivity (Wildman–Crippen MR) is 75.4 cm³/mol. The summed E-state index contributed by atoms with van der Waals surface area (Å²) in [5, 5.41) is 1.19. The molecule has 0 saturated carbocycles. The molecule has 0 radical (unpaired) electrons. The molecule has 1 nitrogen and oxygen atoms in total. The Hall–Kier alpha value is -0.700. The molecule has 17 heavy (non-hydrogen) atoms. The van der Waals surface area contributed by atoms with Gasteiger partial charge in [-0.05, 0) is 42.8 Å². The first-order chi connectivity index (χ1) is 8.04. The molecule has 0 unspecified atom stereocenters. The Labute approximate surface area is 118 Å². The van der Waals surface area contributed by atoms with Gasteiger partial charge in [0.25, 0.3) is 0 Å². The van der Waals surface area contributed by atoms with Crippen LogP contribution in [0.5, 0.6) is 11.5 Å². The molecule has 0 fully saturated rings. The lowest BCUT2D eigenvalue weighted by Gasteiger charge is -2.09. The van der Waals surface area contributed by atoms with Gasteiger partial charge in [-0.2, -0.15) is 0 Å². The summed E-state index contributed by atoms with van der Waals surface area (Å²) in [5.41, 5.74) is 1.09. The summed E-state index contributed by atoms with van der Waals surface area (Å²) in [5.74, 6) is 1.28. The van der Waals surface area contributed by atoms with Crippen molar-refractivity contribution < 1.29 is 4.74 Å². The zero-order valence-corrected chi connectivity index (χ0v) is 12.1. The van der Waals surface area contributed by atoms with E-state index in [1.54, 1.807) is 12.1 Å². The third-order valence-corrected chi connectivity index (χ3v) is 3.14. The van der Waals surface area contributed by atoms with E-state index in [0.717, 1.165) is 10.0 Å². The molecular weight excluding hydrogens is 323 g/mol. The fourth-order valence-corrected chi connectivity index (χ4v) is 2.39. The molecule has 0 aromatic heterocycles. The molecule has 0 spiro atoms.